The van der Waals surface area contributed by atoms with Crippen molar-refractivity contribution >= 4 is 11.9 Å². The minimum absolute atomic E-state index is 0.0156. The second-order valence-corrected chi connectivity index (χ2v) is 8.88. The maximum absolute atomic E-state index is 12.4. The van der Waals surface area contributed by atoms with Crippen molar-refractivity contribution in [2.24, 2.45) is 23.7 Å². The monoisotopic (exact) mass is 424 g/mol. The highest BCUT2D eigenvalue weighted by molar-refractivity contribution is 5.72. The average Bonchev–Trinajstić information content (AvgIpc) is 2.65. The summed E-state index contributed by atoms with van der Waals surface area (Å²) < 4.78 is 5.84. The smallest absolute Gasteiger partial charge is 0.308 e. The first-order valence-corrected chi connectivity index (χ1v) is 11.0. The number of carbonyl (C=O) groups is 2. The number of carboxylic acids is 1. The number of aliphatic hydroxyl groups is 3. The van der Waals surface area contributed by atoms with Gasteiger partial charge in [0.1, 0.15) is 6.10 Å². The number of rotatable bonds is 10. The van der Waals surface area contributed by atoms with Gasteiger partial charge in [-0.3, -0.25) is 9.59 Å². The molecule has 0 heterocycles. The van der Waals surface area contributed by atoms with Gasteiger partial charge in [0, 0.05) is 12.3 Å². The van der Waals surface area contributed by atoms with Gasteiger partial charge in [-0.1, -0.05) is 39.0 Å². The molecule has 0 aromatic rings. The van der Waals surface area contributed by atoms with Crippen LogP contribution in [0.15, 0.2) is 23.8 Å². The van der Waals surface area contributed by atoms with E-state index in [2.05, 4.69) is 13.0 Å². The predicted octanol–water partition coefficient (Wildman–Crippen LogP) is 2.44. The molecule has 4 N–H and O–H groups in total. The summed E-state index contributed by atoms with van der Waals surface area (Å²) in [6.45, 7) is 5.85. The number of fused-ring (bicyclic) bond motifs is 1. The zero-order chi connectivity index (χ0) is 22.4. The second kappa shape index (κ2) is 11.1. The van der Waals surface area contributed by atoms with E-state index >= 15 is 0 Å². The van der Waals surface area contributed by atoms with Crippen molar-refractivity contribution in [1.82, 2.24) is 0 Å². The molecule has 7 nitrogen and oxygen atoms in total. The van der Waals surface area contributed by atoms with Crippen molar-refractivity contribution < 1.29 is 34.8 Å². The number of hydrogen-bond acceptors (Lipinski definition) is 6. The third kappa shape index (κ3) is 6.65. The number of carboxylic acid groups (broad SMARTS) is 1. The van der Waals surface area contributed by atoms with Crippen LogP contribution in [-0.2, 0) is 14.3 Å². The van der Waals surface area contributed by atoms with Gasteiger partial charge in [0.05, 0.1) is 30.7 Å². The standard InChI is InChI=1S/C23H36O7/c1-4-13(2)23(29)30-20-11-17(25)9-15-6-5-14(3)19(22(15)20)8-7-16(24)10-18(26)12-21(27)28/h5-6,9,13-14,16-20,22,24-26H,4,7-8,10-12H2,1-3H3,(H,27,28)/t13-,14-,16?,17+,18+,19-,20-,22-/m0/s1. The third-order valence-corrected chi connectivity index (χ3v) is 6.44. The van der Waals surface area contributed by atoms with Gasteiger partial charge in [-0.25, -0.2) is 0 Å². The molecule has 170 valence electrons. The first-order valence-electron chi connectivity index (χ1n) is 11.0. The lowest BCUT2D eigenvalue weighted by Gasteiger charge is -2.43. The van der Waals surface area contributed by atoms with E-state index in [0.29, 0.717) is 25.7 Å². The van der Waals surface area contributed by atoms with Crippen LogP contribution in [0.1, 0.15) is 59.3 Å². The number of hydrogen-bond donors (Lipinski definition) is 4. The third-order valence-electron chi connectivity index (χ3n) is 6.44. The van der Waals surface area contributed by atoms with Crippen molar-refractivity contribution in [3.8, 4) is 0 Å². The molecule has 0 aromatic heterocycles. The summed E-state index contributed by atoms with van der Waals surface area (Å²) >= 11 is 0. The molecule has 8 atom stereocenters. The quantitative estimate of drug-likeness (QED) is 0.397. The summed E-state index contributed by atoms with van der Waals surface area (Å²) in [5, 5.41) is 39.1. The number of ether oxygens (including phenoxy) is 1. The Kier molecular flexibility index (Phi) is 9.07. The van der Waals surface area contributed by atoms with Crippen molar-refractivity contribution in [2.75, 3.05) is 0 Å². The fourth-order valence-electron chi connectivity index (χ4n) is 4.52. The molecule has 0 aliphatic heterocycles. The van der Waals surface area contributed by atoms with Crippen molar-refractivity contribution in [2.45, 2.75) is 83.7 Å². The summed E-state index contributed by atoms with van der Waals surface area (Å²) in [6.07, 6.45) is 4.64. The maximum Gasteiger partial charge on any atom is 0.308 e. The lowest BCUT2D eigenvalue weighted by atomic mass is 9.66. The molecule has 2 rings (SSSR count). The zero-order valence-corrected chi connectivity index (χ0v) is 18.1. The minimum Gasteiger partial charge on any atom is -0.481 e. The van der Waals surface area contributed by atoms with Gasteiger partial charge in [0.25, 0.3) is 0 Å². The van der Waals surface area contributed by atoms with E-state index in [1.807, 2.05) is 26.0 Å². The van der Waals surface area contributed by atoms with Crippen LogP contribution in [0.5, 0.6) is 0 Å². The van der Waals surface area contributed by atoms with Crippen molar-refractivity contribution in [3.63, 3.8) is 0 Å². The van der Waals surface area contributed by atoms with Crippen LogP contribution in [0, 0.1) is 23.7 Å². The Bertz CT molecular complexity index is 656. The van der Waals surface area contributed by atoms with E-state index in [9.17, 15) is 24.9 Å². The summed E-state index contributed by atoms with van der Waals surface area (Å²) in [4.78, 5) is 23.1. The highest BCUT2D eigenvalue weighted by Gasteiger charge is 2.42. The molecular formula is C23H36O7. The van der Waals surface area contributed by atoms with E-state index < -0.39 is 30.4 Å². The van der Waals surface area contributed by atoms with Gasteiger partial charge in [0.2, 0.25) is 0 Å². The fraction of sp³-hybridized carbons (Fsp3) is 0.739. The molecule has 0 fully saturated rings. The van der Waals surface area contributed by atoms with Crippen LogP contribution in [-0.4, -0.2) is 56.8 Å². The lowest BCUT2D eigenvalue weighted by molar-refractivity contribution is -0.159. The summed E-state index contributed by atoms with van der Waals surface area (Å²) in [7, 11) is 0. The molecule has 30 heavy (non-hydrogen) atoms. The average molecular weight is 425 g/mol. The van der Waals surface area contributed by atoms with Crippen LogP contribution < -0.4 is 0 Å². The van der Waals surface area contributed by atoms with E-state index in [1.54, 1.807) is 0 Å². The molecule has 0 radical (unpaired) electrons. The molecule has 2 aliphatic rings. The Balaban J connectivity index is 2.09. The van der Waals surface area contributed by atoms with Crippen LogP contribution >= 0.6 is 0 Å². The first kappa shape index (κ1) is 24.6. The number of aliphatic hydroxyl groups excluding tert-OH is 3. The molecule has 0 saturated carbocycles. The Morgan fingerprint density at radius 3 is 2.60 bits per heavy atom. The van der Waals surface area contributed by atoms with E-state index in [0.717, 1.165) is 5.57 Å². The number of esters is 1. The van der Waals surface area contributed by atoms with E-state index in [4.69, 9.17) is 9.84 Å². The normalized spacial score (nSPS) is 31.3. The minimum atomic E-state index is -1.10. The topological polar surface area (TPSA) is 124 Å². The molecule has 0 amide bonds. The Morgan fingerprint density at radius 1 is 1.27 bits per heavy atom. The Morgan fingerprint density at radius 2 is 1.97 bits per heavy atom. The molecule has 0 spiro atoms. The predicted molar refractivity (Wildman–Crippen MR) is 111 cm³/mol. The highest BCUT2D eigenvalue weighted by atomic mass is 16.5. The van der Waals surface area contributed by atoms with Gasteiger partial charge in [-0.05, 0) is 43.1 Å². The SMILES string of the molecule is CC[C@H](C)C(=O)O[C@H]1C[C@H](O)C=C2C=C[C@H](C)[C@H](CCC(O)C[C@@H](O)CC(=O)O)[C@H]21. The van der Waals surface area contributed by atoms with Gasteiger partial charge in [-0.15, -0.1) is 0 Å². The maximum atomic E-state index is 12.4. The van der Waals surface area contributed by atoms with E-state index in [-0.39, 0.29) is 42.5 Å². The van der Waals surface area contributed by atoms with Crippen LogP contribution in [0.25, 0.3) is 0 Å². The molecule has 7 heteroatoms. The first-order chi connectivity index (χ1) is 14.1. The zero-order valence-electron chi connectivity index (χ0n) is 18.1. The van der Waals surface area contributed by atoms with Crippen molar-refractivity contribution in [3.05, 3.63) is 23.8 Å². The van der Waals surface area contributed by atoms with Crippen LogP contribution in [0.4, 0.5) is 0 Å². The number of allylic oxidation sites excluding steroid dienone is 2. The molecule has 0 saturated heterocycles. The van der Waals surface area contributed by atoms with Gasteiger partial charge >= 0.3 is 11.9 Å². The van der Waals surface area contributed by atoms with Crippen LogP contribution in [0.3, 0.4) is 0 Å². The number of carbonyl (C=O) groups excluding carboxylic acids is 1. The largest absolute Gasteiger partial charge is 0.481 e. The van der Waals surface area contributed by atoms with Gasteiger partial charge in [-0.2, -0.15) is 0 Å². The van der Waals surface area contributed by atoms with Gasteiger partial charge < -0.3 is 25.2 Å². The van der Waals surface area contributed by atoms with E-state index in [1.165, 1.54) is 0 Å². The molecule has 1 unspecified atom stereocenters. The van der Waals surface area contributed by atoms with Crippen LogP contribution in [0.2, 0.25) is 0 Å². The lowest BCUT2D eigenvalue weighted by Crippen LogP contribution is -2.43. The van der Waals surface area contributed by atoms with Crippen molar-refractivity contribution in [1.29, 1.82) is 0 Å². The Labute approximate surface area is 178 Å². The summed E-state index contributed by atoms with van der Waals surface area (Å²) in [5.74, 6) is -1.31. The summed E-state index contributed by atoms with van der Waals surface area (Å²) in [5.41, 5.74) is 0.958. The molecule has 0 aromatic carbocycles. The Hall–Kier alpha value is -1.70. The fourth-order valence-corrected chi connectivity index (χ4v) is 4.52. The molecular weight excluding hydrogens is 388 g/mol. The molecule has 2 aliphatic carbocycles. The second-order valence-electron chi connectivity index (χ2n) is 8.88. The summed E-state index contributed by atoms with van der Waals surface area (Å²) in [6, 6.07) is 0. The highest BCUT2D eigenvalue weighted by Crippen LogP contribution is 2.44. The molecule has 0 bridgehead atoms. The number of aliphatic carboxylic acids is 1. The van der Waals surface area contributed by atoms with Gasteiger partial charge in [0.15, 0.2) is 0 Å².